The summed E-state index contributed by atoms with van der Waals surface area (Å²) in [5, 5.41) is 3.06. The third-order valence-corrected chi connectivity index (χ3v) is 2.76. The second-order valence-electron chi connectivity index (χ2n) is 3.91. The van der Waals surface area contributed by atoms with Crippen LogP contribution in [-0.4, -0.2) is 24.5 Å². The minimum Gasteiger partial charge on any atom is -0.464 e. The van der Waals surface area contributed by atoms with Gasteiger partial charge in [0.15, 0.2) is 0 Å². The van der Waals surface area contributed by atoms with Crippen molar-refractivity contribution in [1.29, 1.82) is 0 Å². The van der Waals surface area contributed by atoms with E-state index in [9.17, 15) is 9.59 Å². The Bertz CT molecular complexity index is 445. The predicted octanol–water partition coefficient (Wildman–Crippen LogP) is 0.191. The van der Waals surface area contributed by atoms with Gasteiger partial charge >= 0.3 is 5.97 Å². The summed E-state index contributed by atoms with van der Waals surface area (Å²) in [5.74, 6) is -0.696. The molecule has 0 aliphatic carbocycles. The van der Waals surface area contributed by atoms with E-state index < -0.39 is 5.91 Å². The molecule has 0 spiro atoms. The quantitative estimate of drug-likeness (QED) is 0.729. The summed E-state index contributed by atoms with van der Waals surface area (Å²) >= 11 is 0. The maximum absolute atomic E-state index is 11.2. The maximum atomic E-state index is 11.2. The molecule has 0 bridgehead atoms. The molecule has 5 heteroatoms. The predicted molar refractivity (Wildman–Crippen MR) is 61.2 cm³/mol. The largest absolute Gasteiger partial charge is 0.464 e. The molecule has 0 aromatic heterocycles. The number of benzene rings is 1. The monoisotopic (exact) mass is 234 g/mol. The van der Waals surface area contributed by atoms with Crippen LogP contribution in [0, 0.1) is 0 Å². The molecule has 2 rings (SSSR count). The molecule has 1 atom stereocenters. The summed E-state index contributed by atoms with van der Waals surface area (Å²) in [6.07, 6.45) is 0.664. The second kappa shape index (κ2) is 4.97. The number of hydrogen-bond acceptors (Lipinski definition) is 4. The summed E-state index contributed by atoms with van der Waals surface area (Å²) in [5.41, 5.74) is 6.54. The van der Waals surface area contributed by atoms with Gasteiger partial charge in [-0.15, -0.1) is 0 Å². The van der Waals surface area contributed by atoms with E-state index in [1.807, 2.05) is 12.1 Å². The van der Waals surface area contributed by atoms with Gasteiger partial charge in [-0.25, -0.2) is 0 Å². The molecular formula is C12H14N2O3. The zero-order valence-electron chi connectivity index (χ0n) is 9.31. The van der Waals surface area contributed by atoms with Gasteiger partial charge in [0.2, 0.25) is 5.91 Å². The second-order valence-corrected chi connectivity index (χ2v) is 3.91. The molecule has 17 heavy (non-hydrogen) atoms. The van der Waals surface area contributed by atoms with Crippen LogP contribution < -0.4 is 11.1 Å². The van der Waals surface area contributed by atoms with Gasteiger partial charge in [0.25, 0.3) is 0 Å². The van der Waals surface area contributed by atoms with Gasteiger partial charge < -0.3 is 15.8 Å². The SMILES string of the molecule is NC(=O)c1ccccc1CNC1CCOC1=O. The Balaban J connectivity index is 2.03. The number of ether oxygens (including phenoxy) is 1. The smallest absolute Gasteiger partial charge is 0.323 e. The van der Waals surface area contributed by atoms with E-state index >= 15 is 0 Å². The summed E-state index contributed by atoms with van der Waals surface area (Å²) in [7, 11) is 0. The van der Waals surface area contributed by atoms with Crippen molar-refractivity contribution in [2.45, 2.75) is 19.0 Å². The van der Waals surface area contributed by atoms with Crippen molar-refractivity contribution >= 4 is 11.9 Å². The minimum atomic E-state index is -0.462. The van der Waals surface area contributed by atoms with Gasteiger partial charge in [-0.1, -0.05) is 18.2 Å². The molecule has 1 aromatic carbocycles. The van der Waals surface area contributed by atoms with Crippen LogP contribution in [0.3, 0.4) is 0 Å². The van der Waals surface area contributed by atoms with E-state index in [-0.39, 0.29) is 12.0 Å². The van der Waals surface area contributed by atoms with Gasteiger partial charge in [0.1, 0.15) is 6.04 Å². The molecule has 1 aromatic rings. The van der Waals surface area contributed by atoms with Crippen molar-refractivity contribution < 1.29 is 14.3 Å². The highest BCUT2D eigenvalue weighted by Gasteiger charge is 2.25. The van der Waals surface area contributed by atoms with Crippen LogP contribution in [0.2, 0.25) is 0 Å². The third-order valence-electron chi connectivity index (χ3n) is 2.76. The standard InChI is InChI=1S/C12H14N2O3/c13-11(15)9-4-2-1-3-8(9)7-14-10-5-6-17-12(10)16/h1-4,10,14H,5-7H2,(H2,13,15). The number of carbonyl (C=O) groups excluding carboxylic acids is 2. The van der Waals surface area contributed by atoms with Crippen molar-refractivity contribution in [3.8, 4) is 0 Å². The van der Waals surface area contributed by atoms with Crippen LogP contribution in [0.5, 0.6) is 0 Å². The molecule has 5 nitrogen and oxygen atoms in total. The number of nitrogens with one attached hydrogen (secondary N) is 1. The zero-order chi connectivity index (χ0) is 12.3. The van der Waals surface area contributed by atoms with E-state index in [0.29, 0.717) is 25.1 Å². The topological polar surface area (TPSA) is 81.4 Å². The van der Waals surface area contributed by atoms with E-state index in [2.05, 4.69) is 5.32 Å². The fourth-order valence-corrected chi connectivity index (χ4v) is 1.83. The molecule has 0 saturated carbocycles. The lowest BCUT2D eigenvalue weighted by Crippen LogP contribution is -2.33. The molecule has 90 valence electrons. The number of amides is 1. The normalized spacial score (nSPS) is 19.1. The molecule has 1 fully saturated rings. The maximum Gasteiger partial charge on any atom is 0.323 e. The molecular weight excluding hydrogens is 220 g/mol. The lowest BCUT2D eigenvalue weighted by atomic mass is 10.1. The van der Waals surface area contributed by atoms with E-state index in [1.54, 1.807) is 12.1 Å². The summed E-state index contributed by atoms with van der Waals surface area (Å²) in [4.78, 5) is 22.4. The van der Waals surface area contributed by atoms with Gasteiger partial charge in [-0.2, -0.15) is 0 Å². The molecule has 0 radical (unpaired) electrons. The lowest BCUT2D eigenvalue weighted by Gasteiger charge is -2.10. The average Bonchev–Trinajstić information content (AvgIpc) is 2.72. The van der Waals surface area contributed by atoms with Crippen LogP contribution in [0.1, 0.15) is 22.3 Å². The van der Waals surface area contributed by atoms with Crippen LogP contribution in [0.15, 0.2) is 24.3 Å². The first-order valence-corrected chi connectivity index (χ1v) is 5.46. The Kier molecular flexibility index (Phi) is 3.39. The Hall–Kier alpha value is -1.88. The first kappa shape index (κ1) is 11.6. The fourth-order valence-electron chi connectivity index (χ4n) is 1.83. The van der Waals surface area contributed by atoms with Gasteiger partial charge in [0, 0.05) is 18.5 Å². The number of esters is 1. The Morgan fingerprint density at radius 1 is 1.47 bits per heavy atom. The Morgan fingerprint density at radius 3 is 2.88 bits per heavy atom. The van der Waals surface area contributed by atoms with Crippen molar-refractivity contribution in [2.24, 2.45) is 5.73 Å². The van der Waals surface area contributed by atoms with Crippen molar-refractivity contribution in [2.75, 3.05) is 6.61 Å². The van der Waals surface area contributed by atoms with Crippen molar-refractivity contribution in [3.63, 3.8) is 0 Å². The average molecular weight is 234 g/mol. The highest BCUT2D eigenvalue weighted by atomic mass is 16.5. The Labute approximate surface area is 98.9 Å². The first-order chi connectivity index (χ1) is 8.18. The molecule has 1 aliphatic rings. The lowest BCUT2D eigenvalue weighted by molar-refractivity contribution is -0.139. The van der Waals surface area contributed by atoms with Gasteiger partial charge in [0.05, 0.1) is 6.61 Å². The molecule has 1 amide bonds. The number of cyclic esters (lactones) is 1. The molecule has 1 unspecified atom stereocenters. The highest BCUT2D eigenvalue weighted by molar-refractivity contribution is 5.94. The van der Waals surface area contributed by atoms with Crippen LogP contribution >= 0.6 is 0 Å². The first-order valence-electron chi connectivity index (χ1n) is 5.46. The van der Waals surface area contributed by atoms with Crippen LogP contribution in [0.4, 0.5) is 0 Å². The summed E-state index contributed by atoms with van der Waals surface area (Å²) in [6, 6.07) is 6.79. The fraction of sp³-hybridized carbons (Fsp3) is 0.333. The number of nitrogens with two attached hydrogens (primary N) is 1. The van der Waals surface area contributed by atoms with E-state index in [4.69, 9.17) is 10.5 Å². The zero-order valence-corrected chi connectivity index (χ0v) is 9.31. The summed E-state index contributed by atoms with van der Waals surface area (Å²) in [6.45, 7) is 0.882. The van der Waals surface area contributed by atoms with E-state index in [0.717, 1.165) is 5.56 Å². The Morgan fingerprint density at radius 2 is 2.24 bits per heavy atom. The molecule has 3 N–H and O–H groups in total. The number of primary amides is 1. The number of carbonyl (C=O) groups is 2. The third kappa shape index (κ3) is 2.62. The van der Waals surface area contributed by atoms with Gasteiger partial charge in [-0.05, 0) is 11.6 Å². The minimum absolute atomic E-state index is 0.235. The molecule has 1 aliphatic heterocycles. The van der Waals surface area contributed by atoms with Crippen LogP contribution in [-0.2, 0) is 16.1 Å². The molecule has 1 saturated heterocycles. The van der Waals surface area contributed by atoms with Crippen molar-refractivity contribution in [1.82, 2.24) is 5.32 Å². The number of rotatable bonds is 4. The van der Waals surface area contributed by atoms with Crippen LogP contribution in [0.25, 0.3) is 0 Å². The molecule has 1 heterocycles. The highest BCUT2D eigenvalue weighted by Crippen LogP contribution is 2.10. The number of hydrogen-bond donors (Lipinski definition) is 2. The van der Waals surface area contributed by atoms with Crippen molar-refractivity contribution in [3.05, 3.63) is 35.4 Å². The summed E-state index contributed by atoms with van der Waals surface area (Å²) < 4.78 is 4.84. The van der Waals surface area contributed by atoms with E-state index in [1.165, 1.54) is 0 Å². The van der Waals surface area contributed by atoms with Gasteiger partial charge in [-0.3, -0.25) is 9.59 Å².